The average molecular weight is 580 g/mol. The fourth-order valence-corrected chi connectivity index (χ4v) is 5.65. The van der Waals surface area contributed by atoms with Gasteiger partial charge in [-0.1, -0.05) is 31.2 Å². The number of rotatable bonds is 12. The molecule has 0 aliphatic heterocycles. The minimum atomic E-state index is -3.38. The van der Waals surface area contributed by atoms with Crippen molar-refractivity contribution in [1.29, 1.82) is 0 Å². The first kappa shape index (κ1) is 29.8. The number of hydrogen-bond acceptors (Lipinski definition) is 7. The number of fused-ring (bicyclic) bond motifs is 1. The predicted octanol–water partition coefficient (Wildman–Crippen LogP) is 5.50. The quantitative estimate of drug-likeness (QED) is 0.150. The molecule has 0 aliphatic rings. The van der Waals surface area contributed by atoms with Gasteiger partial charge in [0, 0.05) is 35.7 Å². The number of benzene rings is 3. The number of nitrogens with one attached hydrogen (secondary N) is 1. The zero-order valence-corrected chi connectivity index (χ0v) is 24.6. The topological polar surface area (TPSA) is 121 Å². The number of aromatic nitrogens is 1. The maximum absolute atomic E-state index is 12.9. The van der Waals surface area contributed by atoms with Crippen molar-refractivity contribution in [3.8, 4) is 11.5 Å². The van der Waals surface area contributed by atoms with Crippen LogP contribution in [0.3, 0.4) is 0 Å². The molecule has 1 heterocycles. The molecule has 3 aromatic carbocycles. The molecular weight excluding hydrogens is 542 g/mol. The van der Waals surface area contributed by atoms with Crippen LogP contribution in [0.15, 0.2) is 66.7 Å². The van der Waals surface area contributed by atoms with Crippen LogP contribution in [0.25, 0.3) is 10.9 Å². The third kappa shape index (κ3) is 7.13. The second-order valence-electron chi connectivity index (χ2n) is 10.2. The van der Waals surface area contributed by atoms with Crippen LogP contribution >= 0.6 is 0 Å². The largest absolute Gasteiger partial charge is 0.504 e. The summed E-state index contributed by atoms with van der Waals surface area (Å²) < 4.78 is 32.8. The van der Waals surface area contributed by atoms with E-state index < -0.39 is 16.0 Å². The summed E-state index contributed by atoms with van der Waals surface area (Å²) in [7, 11) is -3.38. The van der Waals surface area contributed by atoms with Crippen molar-refractivity contribution in [2.45, 2.75) is 46.2 Å². The molecule has 4 aromatic rings. The van der Waals surface area contributed by atoms with E-state index in [-0.39, 0.29) is 24.1 Å². The third-order valence-corrected chi connectivity index (χ3v) is 7.49. The number of sulfonamides is 1. The summed E-state index contributed by atoms with van der Waals surface area (Å²) in [5.41, 5.74) is 4.32. The Morgan fingerprint density at radius 2 is 1.73 bits per heavy atom. The van der Waals surface area contributed by atoms with Gasteiger partial charge < -0.3 is 24.4 Å². The van der Waals surface area contributed by atoms with Crippen LogP contribution < -0.4 is 9.62 Å². The highest BCUT2D eigenvalue weighted by atomic mass is 32.2. The van der Waals surface area contributed by atoms with Crippen LogP contribution in [0, 0.1) is 0 Å². The first-order valence-corrected chi connectivity index (χ1v) is 15.5. The molecule has 9 nitrogen and oxygen atoms in total. The predicted molar refractivity (Wildman–Crippen MR) is 162 cm³/mol. The first-order chi connectivity index (χ1) is 19.5. The van der Waals surface area contributed by atoms with Crippen molar-refractivity contribution in [1.82, 2.24) is 4.57 Å². The lowest BCUT2D eigenvalue weighted by molar-refractivity contribution is 0.0515. The summed E-state index contributed by atoms with van der Waals surface area (Å²) in [4.78, 5) is 15.0. The van der Waals surface area contributed by atoms with Crippen LogP contribution in [0.1, 0.15) is 48.8 Å². The van der Waals surface area contributed by atoms with Gasteiger partial charge >= 0.3 is 5.97 Å². The fourth-order valence-electron chi connectivity index (χ4n) is 5.09. The summed E-state index contributed by atoms with van der Waals surface area (Å²) in [5, 5.41) is 21.4. The second-order valence-corrected chi connectivity index (χ2v) is 11.9. The number of para-hydroxylation sites is 1. The van der Waals surface area contributed by atoms with E-state index in [0.717, 1.165) is 34.7 Å². The molecule has 3 N–H and O–H groups in total. The van der Waals surface area contributed by atoms with Gasteiger partial charge in [0.05, 0.1) is 18.6 Å². The van der Waals surface area contributed by atoms with E-state index in [1.807, 2.05) is 34.9 Å². The number of carbonyl (C=O) groups is 1. The van der Waals surface area contributed by atoms with Gasteiger partial charge in [0.15, 0.2) is 11.5 Å². The van der Waals surface area contributed by atoms with Crippen LogP contribution in [0.5, 0.6) is 11.5 Å². The molecule has 1 unspecified atom stereocenters. The Kier molecular flexibility index (Phi) is 9.12. The van der Waals surface area contributed by atoms with Gasteiger partial charge in [-0.25, -0.2) is 13.2 Å². The summed E-state index contributed by atoms with van der Waals surface area (Å²) >= 11 is 0. The number of nitrogens with zero attached hydrogens (tertiary/aromatic N) is 2. The smallest absolute Gasteiger partial charge is 0.354 e. The van der Waals surface area contributed by atoms with Gasteiger partial charge in [0.2, 0.25) is 10.0 Å². The zero-order valence-electron chi connectivity index (χ0n) is 23.8. The molecule has 0 radical (unpaired) electrons. The molecule has 1 atom stereocenters. The molecule has 0 saturated heterocycles. The molecular formula is C31H37N3O6S. The van der Waals surface area contributed by atoms with Gasteiger partial charge in [0.25, 0.3) is 0 Å². The van der Waals surface area contributed by atoms with Crippen molar-refractivity contribution < 1.29 is 28.2 Å². The summed E-state index contributed by atoms with van der Waals surface area (Å²) in [6, 6.07) is 20.0. The lowest BCUT2D eigenvalue weighted by Gasteiger charge is -2.32. The van der Waals surface area contributed by atoms with Crippen LogP contribution in [-0.2, 0) is 27.7 Å². The Morgan fingerprint density at radius 3 is 2.39 bits per heavy atom. The van der Waals surface area contributed by atoms with Gasteiger partial charge in [-0.2, -0.15) is 0 Å². The van der Waals surface area contributed by atoms with Crippen molar-refractivity contribution in [3.63, 3.8) is 0 Å². The van der Waals surface area contributed by atoms with E-state index >= 15 is 0 Å². The summed E-state index contributed by atoms with van der Waals surface area (Å²) in [6.45, 7) is 7.28. The third-order valence-electron chi connectivity index (χ3n) is 6.88. The van der Waals surface area contributed by atoms with E-state index in [1.54, 1.807) is 31.2 Å². The summed E-state index contributed by atoms with van der Waals surface area (Å²) in [6.07, 6.45) is 2.65. The lowest BCUT2D eigenvalue weighted by atomic mass is 10.0. The Bertz CT molecular complexity index is 1630. The van der Waals surface area contributed by atoms with Crippen LogP contribution in [0.2, 0.25) is 0 Å². The van der Waals surface area contributed by atoms with Gasteiger partial charge in [-0.15, -0.1) is 0 Å². The molecule has 0 aliphatic carbocycles. The zero-order chi connectivity index (χ0) is 29.7. The van der Waals surface area contributed by atoms with E-state index in [2.05, 4.69) is 29.5 Å². The second kappa shape index (κ2) is 12.6. The highest BCUT2D eigenvalue weighted by Crippen LogP contribution is 2.37. The van der Waals surface area contributed by atoms with Crippen molar-refractivity contribution in [2.75, 3.05) is 29.0 Å². The fraction of sp³-hybridized carbons (Fsp3) is 0.323. The molecule has 0 fully saturated rings. The number of esters is 1. The van der Waals surface area contributed by atoms with E-state index in [9.17, 15) is 23.4 Å². The number of phenols is 2. The Morgan fingerprint density at radius 1 is 1.02 bits per heavy atom. The van der Waals surface area contributed by atoms with Crippen LogP contribution in [0.4, 0.5) is 11.4 Å². The maximum Gasteiger partial charge on any atom is 0.354 e. The van der Waals surface area contributed by atoms with Crippen molar-refractivity contribution >= 4 is 38.3 Å². The molecule has 41 heavy (non-hydrogen) atoms. The van der Waals surface area contributed by atoms with Crippen LogP contribution in [-0.4, -0.2) is 54.6 Å². The van der Waals surface area contributed by atoms with Gasteiger partial charge in [-0.05, 0) is 80.3 Å². The number of aromatic hydroxyl groups is 2. The number of ether oxygens (including phenoxy) is 1. The standard InChI is InChI=1S/C31H37N3O6S/c1-5-16-33(27-8-7-9-29(35)30(27)36)21(3)17-23-12-15-26-24(18-23)19-28(31(37)40-6-2)34(26)20-22-10-13-25(14-11-22)32-41(4,38)39/h7-15,18-19,21,32,35-36H,5-6,16-17,20H2,1-4H3. The Labute approximate surface area is 241 Å². The van der Waals surface area contributed by atoms with Gasteiger partial charge in [-0.3, -0.25) is 4.72 Å². The number of hydrogen-bond donors (Lipinski definition) is 3. The molecule has 218 valence electrons. The Hall–Kier alpha value is -4.18. The van der Waals surface area contributed by atoms with Crippen molar-refractivity contribution in [2.24, 2.45) is 0 Å². The number of anilines is 2. The SMILES string of the molecule is CCCN(c1cccc(O)c1O)C(C)Cc1ccc2c(c1)cc(C(=O)OCC)n2Cc1ccc(NS(C)(=O)=O)cc1. The number of carbonyl (C=O) groups excluding carboxylic acids is 1. The molecule has 10 heteroatoms. The average Bonchev–Trinajstić information content (AvgIpc) is 3.27. The van der Waals surface area contributed by atoms with E-state index in [4.69, 9.17) is 4.74 Å². The Balaban J connectivity index is 1.64. The molecule has 0 amide bonds. The summed E-state index contributed by atoms with van der Waals surface area (Å²) in [5.74, 6) is -0.687. The molecule has 1 aromatic heterocycles. The lowest BCUT2D eigenvalue weighted by Crippen LogP contribution is -2.35. The molecule has 0 spiro atoms. The highest BCUT2D eigenvalue weighted by molar-refractivity contribution is 7.92. The number of phenolic OH excluding ortho intramolecular Hbond substituents is 2. The molecule has 0 saturated carbocycles. The first-order valence-electron chi connectivity index (χ1n) is 13.6. The highest BCUT2D eigenvalue weighted by Gasteiger charge is 2.21. The maximum atomic E-state index is 12.9. The van der Waals surface area contributed by atoms with E-state index in [0.29, 0.717) is 36.6 Å². The van der Waals surface area contributed by atoms with Gasteiger partial charge in [0.1, 0.15) is 5.69 Å². The minimum Gasteiger partial charge on any atom is -0.504 e. The monoisotopic (exact) mass is 579 g/mol. The molecule has 0 bridgehead atoms. The van der Waals surface area contributed by atoms with Crippen molar-refractivity contribution in [3.05, 3.63) is 83.6 Å². The molecule has 4 rings (SSSR count). The normalized spacial score (nSPS) is 12.3. The van der Waals surface area contributed by atoms with E-state index in [1.165, 1.54) is 6.07 Å². The minimum absolute atomic E-state index is 0.0192.